The maximum atomic E-state index is 12.4. The SMILES string of the molecule is COc1ccc(CN(C(=O)C(C)C)C(C)C)cc1OS(=O)(=O)C(C)C. The standard InChI is InChI=1S/C18H29NO5S/c1-12(2)18(20)19(13(3)4)11-15-8-9-16(23-7)17(10-15)24-25(21,22)14(5)6/h8-10,12-14H,11H2,1-7H3. The van der Waals surface area contributed by atoms with Crippen molar-refractivity contribution in [3.63, 3.8) is 0 Å². The molecule has 0 radical (unpaired) electrons. The normalized spacial score (nSPS) is 11.9. The lowest BCUT2D eigenvalue weighted by Crippen LogP contribution is -2.38. The summed E-state index contributed by atoms with van der Waals surface area (Å²) in [6, 6.07) is 5.10. The molecule has 1 aromatic carbocycles. The second-order valence-electron chi connectivity index (χ2n) is 6.82. The molecule has 0 fully saturated rings. The second-order valence-corrected chi connectivity index (χ2v) is 8.92. The molecule has 0 aliphatic carbocycles. The van der Waals surface area contributed by atoms with Crippen LogP contribution in [0.4, 0.5) is 0 Å². The first-order valence-electron chi connectivity index (χ1n) is 8.40. The molecule has 6 nitrogen and oxygen atoms in total. The summed E-state index contributed by atoms with van der Waals surface area (Å²) in [6.07, 6.45) is 0. The van der Waals surface area contributed by atoms with Gasteiger partial charge in [0.15, 0.2) is 11.5 Å². The highest BCUT2D eigenvalue weighted by Crippen LogP contribution is 2.31. The summed E-state index contributed by atoms with van der Waals surface area (Å²) in [5, 5.41) is -0.671. The first-order chi connectivity index (χ1) is 11.5. The van der Waals surface area contributed by atoms with Gasteiger partial charge in [-0.2, -0.15) is 8.42 Å². The van der Waals surface area contributed by atoms with E-state index in [1.807, 2.05) is 27.7 Å². The fourth-order valence-electron chi connectivity index (χ4n) is 2.15. The van der Waals surface area contributed by atoms with Gasteiger partial charge in [0, 0.05) is 18.5 Å². The molecule has 0 saturated heterocycles. The summed E-state index contributed by atoms with van der Waals surface area (Å²) < 4.78 is 34.5. The highest BCUT2D eigenvalue weighted by atomic mass is 32.2. The largest absolute Gasteiger partial charge is 0.493 e. The fraction of sp³-hybridized carbons (Fsp3) is 0.611. The van der Waals surface area contributed by atoms with E-state index < -0.39 is 15.4 Å². The zero-order valence-electron chi connectivity index (χ0n) is 16.1. The molecule has 0 aliphatic heterocycles. The number of methoxy groups -OCH3 is 1. The Morgan fingerprint density at radius 1 is 1.08 bits per heavy atom. The monoisotopic (exact) mass is 371 g/mol. The number of ether oxygens (including phenoxy) is 1. The van der Waals surface area contributed by atoms with Gasteiger partial charge in [0.05, 0.1) is 12.4 Å². The molecule has 25 heavy (non-hydrogen) atoms. The van der Waals surface area contributed by atoms with Crippen molar-refractivity contribution in [2.45, 2.75) is 59.4 Å². The number of hydrogen-bond donors (Lipinski definition) is 0. The van der Waals surface area contributed by atoms with E-state index in [4.69, 9.17) is 8.92 Å². The van der Waals surface area contributed by atoms with Crippen LogP contribution < -0.4 is 8.92 Å². The minimum Gasteiger partial charge on any atom is -0.493 e. The van der Waals surface area contributed by atoms with Gasteiger partial charge in [0.25, 0.3) is 0 Å². The molecule has 0 bridgehead atoms. The van der Waals surface area contributed by atoms with Crippen LogP contribution in [-0.4, -0.2) is 37.6 Å². The van der Waals surface area contributed by atoms with Crippen LogP contribution in [-0.2, 0) is 21.5 Å². The van der Waals surface area contributed by atoms with Gasteiger partial charge >= 0.3 is 10.1 Å². The summed E-state index contributed by atoms with van der Waals surface area (Å²) in [5.74, 6) is 0.398. The van der Waals surface area contributed by atoms with E-state index in [1.165, 1.54) is 7.11 Å². The van der Waals surface area contributed by atoms with E-state index in [9.17, 15) is 13.2 Å². The number of hydrogen-bond acceptors (Lipinski definition) is 5. The topological polar surface area (TPSA) is 72.9 Å². The molecule has 0 aromatic heterocycles. The molecule has 1 aromatic rings. The van der Waals surface area contributed by atoms with Crippen LogP contribution in [0.3, 0.4) is 0 Å². The maximum absolute atomic E-state index is 12.4. The van der Waals surface area contributed by atoms with E-state index in [1.54, 1.807) is 36.9 Å². The first kappa shape index (κ1) is 21.3. The predicted molar refractivity (Wildman–Crippen MR) is 98.2 cm³/mol. The van der Waals surface area contributed by atoms with E-state index in [2.05, 4.69) is 0 Å². The molecule has 0 N–H and O–H groups in total. The van der Waals surface area contributed by atoms with E-state index in [0.717, 1.165) is 5.56 Å². The third-order valence-corrected chi connectivity index (χ3v) is 5.33. The van der Waals surface area contributed by atoms with Gasteiger partial charge in [0.1, 0.15) is 0 Å². The van der Waals surface area contributed by atoms with Crippen molar-refractivity contribution in [1.82, 2.24) is 4.90 Å². The number of carbonyl (C=O) groups excluding carboxylic acids is 1. The Balaban J connectivity index is 3.17. The van der Waals surface area contributed by atoms with Gasteiger partial charge in [-0.3, -0.25) is 4.79 Å². The van der Waals surface area contributed by atoms with Gasteiger partial charge < -0.3 is 13.8 Å². The Morgan fingerprint density at radius 2 is 1.68 bits per heavy atom. The molecule has 0 atom stereocenters. The van der Waals surface area contributed by atoms with Crippen molar-refractivity contribution < 1.29 is 22.1 Å². The van der Waals surface area contributed by atoms with Crippen molar-refractivity contribution in [3.05, 3.63) is 23.8 Å². The lowest BCUT2D eigenvalue weighted by atomic mass is 10.1. The Morgan fingerprint density at radius 3 is 2.12 bits per heavy atom. The minimum absolute atomic E-state index is 0.0285. The first-order valence-corrected chi connectivity index (χ1v) is 9.87. The van der Waals surface area contributed by atoms with Crippen LogP contribution >= 0.6 is 0 Å². The maximum Gasteiger partial charge on any atom is 0.311 e. The Bertz CT molecular complexity index is 695. The van der Waals surface area contributed by atoms with Crippen LogP contribution in [0.25, 0.3) is 0 Å². The Hall–Kier alpha value is -1.76. The number of carbonyl (C=O) groups is 1. The second kappa shape index (κ2) is 8.56. The summed E-state index contributed by atoms with van der Waals surface area (Å²) in [4.78, 5) is 14.1. The Labute approximate surface area is 151 Å². The minimum atomic E-state index is -3.74. The highest BCUT2D eigenvalue weighted by molar-refractivity contribution is 7.87. The average molecular weight is 371 g/mol. The fourth-order valence-corrected chi connectivity index (χ4v) is 2.72. The number of amides is 1. The Kier molecular flexibility index (Phi) is 7.29. The molecule has 0 spiro atoms. The van der Waals surface area contributed by atoms with Crippen LogP contribution in [0.15, 0.2) is 18.2 Å². The summed E-state index contributed by atoms with van der Waals surface area (Å²) in [5.41, 5.74) is 0.775. The number of benzene rings is 1. The summed E-state index contributed by atoms with van der Waals surface area (Å²) >= 11 is 0. The van der Waals surface area contributed by atoms with E-state index in [-0.39, 0.29) is 23.6 Å². The zero-order chi connectivity index (χ0) is 19.4. The predicted octanol–water partition coefficient (Wildman–Crippen LogP) is 3.21. The molecule has 142 valence electrons. The molecule has 0 heterocycles. The zero-order valence-corrected chi connectivity index (χ0v) is 16.9. The smallest absolute Gasteiger partial charge is 0.311 e. The van der Waals surface area contributed by atoms with Gasteiger partial charge in [-0.25, -0.2) is 0 Å². The summed E-state index contributed by atoms with van der Waals surface area (Å²) in [6.45, 7) is 11.1. The van der Waals surface area contributed by atoms with Crippen molar-refractivity contribution in [3.8, 4) is 11.5 Å². The number of rotatable bonds is 8. The van der Waals surface area contributed by atoms with Crippen molar-refractivity contribution in [2.24, 2.45) is 5.92 Å². The highest BCUT2D eigenvalue weighted by Gasteiger charge is 2.23. The van der Waals surface area contributed by atoms with Gasteiger partial charge in [-0.1, -0.05) is 19.9 Å². The lowest BCUT2D eigenvalue weighted by Gasteiger charge is -2.29. The van der Waals surface area contributed by atoms with Gasteiger partial charge in [0.2, 0.25) is 5.91 Å². The molecule has 0 aliphatic rings. The van der Waals surface area contributed by atoms with Crippen LogP contribution in [0.5, 0.6) is 11.5 Å². The third-order valence-electron chi connectivity index (χ3n) is 3.76. The van der Waals surface area contributed by atoms with Crippen LogP contribution in [0, 0.1) is 5.92 Å². The van der Waals surface area contributed by atoms with E-state index >= 15 is 0 Å². The van der Waals surface area contributed by atoms with Crippen molar-refractivity contribution in [1.29, 1.82) is 0 Å². The molecule has 0 saturated carbocycles. The number of nitrogens with zero attached hydrogens (tertiary/aromatic N) is 1. The molecule has 1 rings (SSSR count). The van der Waals surface area contributed by atoms with E-state index in [0.29, 0.717) is 12.3 Å². The lowest BCUT2D eigenvalue weighted by molar-refractivity contribution is -0.136. The van der Waals surface area contributed by atoms with Crippen LogP contribution in [0.1, 0.15) is 47.1 Å². The third kappa shape index (κ3) is 5.63. The molecule has 0 unspecified atom stereocenters. The van der Waals surface area contributed by atoms with Crippen molar-refractivity contribution >= 4 is 16.0 Å². The molecular formula is C18H29NO5S. The average Bonchev–Trinajstić information content (AvgIpc) is 2.51. The molecular weight excluding hydrogens is 342 g/mol. The van der Waals surface area contributed by atoms with Gasteiger partial charge in [-0.15, -0.1) is 0 Å². The van der Waals surface area contributed by atoms with Crippen LogP contribution in [0.2, 0.25) is 0 Å². The summed E-state index contributed by atoms with van der Waals surface area (Å²) in [7, 11) is -2.28. The molecule has 1 amide bonds. The quantitative estimate of drug-likeness (QED) is 0.656. The molecule has 7 heteroatoms. The van der Waals surface area contributed by atoms with Gasteiger partial charge in [-0.05, 0) is 45.4 Å². The van der Waals surface area contributed by atoms with Crippen molar-refractivity contribution in [2.75, 3.05) is 7.11 Å².